The van der Waals surface area contributed by atoms with E-state index in [1.165, 1.54) is 5.01 Å². The van der Waals surface area contributed by atoms with Gasteiger partial charge in [0.05, 0.1) is 10.4 Å². The van der Waals surface area contributed by atoms with Crippen molar-refractivity contribution in [2.45, 2.75) is 38.5 Å². The van der Waals surface area contributed by atoms with Crippen molar-refractivity contribution >= 4 is 41.6 Å². The van der Waals surface area contributed by atoms with Gasteiger partial charge in [-0.1, -0.05) is 26.1 Å². The van der Waals surface area contributed by atoms with Crippen molar-refractivity contribution in [1.29, 1.82) is 0 Å². The van der Waals surface area contributed by atoms with Crippen molar-refractivity contribution < 1.29 is 9.59 Å². The molecule has 110 valence electrons. The van der Waals surface area contributed by atoms with Crippen molar-refractivity contribution in [3.05, 3.63) is 0 Å². The molecule has 0 saturated heterocycles. The van der Waals surface area contributed by atoms with Gasteiger partial charge in [-0.25, -0.2) is 5.01 Å². The first-order valence-corrected chi connectivity index (χ1v) is 7.00. The number of rotatable bonds is 6. The van der Waals surface area contributed by atoms with Crippen LogP contribution in [-0.2, 0) is 9.59 Å². The zero-order valence-corrected chi connectivity index (χ0v) is 13.5. The zero-order valence-electron chi connectivity index (χ0n) is 11.8. The van der Waals surface area contributed by atoms with Gasteiger partial charge >= 0.3 is 0 Å². The van der Waals surface area contributed by atoms with Crippen LogP contribution in [0.25, 0.3) is 0 Å². The summed E-state index contributed by atoms with van der Waals surface area (Å²) in [6.45, 7) is 3.85. The van der Waals surface area contributed by atoms with E-state index in [0.29, 0.717) is 11.4 Å². The van der Waals surface area contributed by atoms with Crippen LogP contribution in [0.15, 0.2) is 0 Å². The van der Waals surface area contributed by atoms with E-state index in [1.807, 2.05) is 13.8 Å². The van der Waals surface area contributed by atoms with Crippen LogP contribution in [0.4, 0.5) is 0 Å². The highest BCUT2D eigenvalue weighted by atomic mass is 32.1. The minimum atomic E-state index is -0.406. The number of hydrogen-bond donors (Lipinski definition) is 3. The Morgan fingerprint density at radius 3 is 2.21 bits per heavy atom. The average Bonchev–Trinajstić information content (AvgIpc) is 2.35. The molecular formula is C11H22N4O2S2. The van der Waals surface area contributed by atoms with Gasteiger partial charge in [-0.3, -0.25) is 25.4 Å². The van der Waals surface area contributed by atoms with E-state index < -0.39 is 5.91 Å². The minimum absolute atomic E-state index is 0.0812. The van der Waals surface area contributed by atoms with Crippen molar-refractivity contribution in [3.63, 3.8) is 0 Å². The lowest BCUT2D eigenvalue weighted by molar-refractivity contribution is -0.133. The lowest BCUT2D eigenvalue weighted by Crippen LogP contribution is -2.47. The summed E-state index contributed by atoms with van der Waals surface area (Å²) in [5.41, 5.74) is 5.12. The van der Waals surface area contributed by atoms with Crippen LogP contribution < -0.4 is 10.9 Å². The molecular weight excluding hydrogens is 284 g/mol. The molecule has 19 heavy (non-hydrogen) atoms. The summed E-state index contributed by atoms with van der Waals surface area (Å²) >= 11 is 9.29. The van der Waals surface area contributed by atoms with E-state index in [9.17, 15) is 9.59 Å². The molecule has 1 atom stereocenters. The predicted octanol–water partition coefficient (Wildman–Crippen LogP) is 0.706. The van der Waals surface area contributed by atoms with Crippen molar-refractivity contribution in [2.75, 3.05) is 14.1 Å². The highest BCUT2D eigenvalue weighted by Gasteiger charge is 2.15. The van der Waals surface area contributed by atoms with E-state index in [1.54, 1.807) is 19.1 Å². The maximum Gasteiger partial charge on any atom is 0.247 e. The Balaban J connectivity index is 4.13. The van der Waals surface area contributed by atoms with Gasteiger partial charge in [-0.2, -0.15) is 12.6 Å². The van der Waals surface area contributed by atoms with Gasteiger partial charge in [0, 0.05) is 14.1 Å². The minimum Gasteiger partial charge on any atom is -0.288 e. The molecule has 0 aromatic rings. The van der Waals surface area contributed by atoms with E-state index in [-0.39, 0.29) is 17.7 Å². The number of hydrogen-bond acceptors (Lipinski definition) is 5. The number of thiol groups is 1. The third kappa shape index (κ3) is 7.34. The van der Waals surface area contributed by atoms with Gasteiger partial charge in [0.15, 0.2) is 0 Å². The van der Waals surface area contributed by atoms with Crippen LogP contribution in [0.2, 0.25) is 0 Å². The number of carbonyl (C=O) groups is 2. The number of nitrogens with zero attached hydrogens (tertiary/aromatic N) is 2. The van der Waals surface area contributed by atoms with E-state index >= 15 is 0 Å². The highest BCUT2D eigenvalue weighted by molar-refractivity contribution is 7.80. The molecule has 0 aliphatic carbocycles. The van der Waals surface area contributed by atoms with Gasteiger partial charge in [-0.15, -0.1) is 0 Å². The normalized spacial score (nSPS) is 11.9. The van der Waals surface area contributed by atoms with Crippen LogP contribution >= 0.6 is 24.8 Å². The Kier molecular flexibility index (Phi) is 8.70. The molecule has 0 aromatic carbocycles. The lowest BCUT2D eigenvalue weighted by Gasteiger charge is -2.24. The van der Waals surface area contributed by atoms with Crippen LogP contribution in [0.3, 0.4) is 0 Å². The molecule has 0 spiro atoms. The summed E-state index contributed by atoms with van der Waals surface area (Å²) < 4.78 is 0. The largest absolute Gasteiger partial charge is 0.288 e. The van der Waals surface area contributed by atoms with Gasteiger partial charge in [-0.05, 0) is 12.8 Å². The van der Waals surface area contributed by atoms with E-state index in [2.05, 4.69) is 23.5 Å². The topological polar surface area (TPSA) is 64.7 Å². The summed E-state index contributed by atoms with van der Waals surface area (Å²) in [6, 6.07) is 0. The molecule has 0 bridgehead atoms. The molecule has 0 saturated carbocycles. The molecule has 0 fully saturated rings. The summed E-state index contributed by atoms with van der Waals surface area (Å²) in [7, 11) is 3.35. The second-order valence-electron chi connectivity index (χ2n) is 4.05. The first-order chi connectivity index (χ1) is 8.81. The van der Waals surface area contributed by atoms with Crippen molar-refractivity contribution in [3.8, 4) is 0 Å². The molecule has 0 radical (unpaired) electrons. The molecule has 0 aliphatic rings. The third-order valence-electron chi connectivity index (χ3n) is 2.40. The van der Waals surface area contributed by atoms with Gasteiger partial charge in [0.1, 0.15) is 6.42 Å². The summed E-state index contributed by atoms with van der Waals surface area (Å²) in [5.74, 6) is -0.792. The molecule has 2 amide bonds. The Morgan fingerprint density at radius 2 is 1.74 bits per heavy atom. The first kappa shape index (κ1) is 18.1. The van der Waals surface area contributed by atoms with Gasteiger partial charge in [0.2, 0.25) is 11.8 Å². The van der Waals surface area contributed by atoms with Crippen molar-refractivity contribution in [1.82, 2.24) is 20.9 Å². The molecule has 0 heterocycles. The van der Waals surface area contributed by atoms with E-state index in [0.717, 1.165) is 6.42 Å². The molecule has 0 aromatic heterocycles. The molecule has 0 aliphatic heterocycles. The van der Waals surface area contributed by atoms with Crippen LogP contribution in [0, 0.1) is 0 Å². The monoisotopic (exact) mass is 306 g/mol. The number of carbonyl (C=O) groups excluding carboxylic acids is 2. The van der Waals surface area contributed by atoms with Crippen LogP contribution in [0.5, 0.6) is 0 Å². The lowest BCUT2D eigenvalue weighted by atomic mass is 10.4. The fraction of sp³-hybridized carbons (Fsp3) is 0.727. The molecule has 2 N–H and O–H groups in total. The van der Waals surface area contributed by atoms with Crippen LogP contribution in [-0.4, -0.2) is 46.3 Å². The standard InChI is InChI=1S/C11H22N4O2S2/c1-5-10(18)14(3)12-8(16)7-9(17)13-15(4)11(19)6-2/h10,18H,5-7H2,1-4H3,(H,12,16)(H,13,17). The Labute approximate surface area is 125 Å². The maximum absolute atomic E-state index is 11.6. The maximum atomic E-state index is 11.6. The molecule has 6 nitrogen and oxygen atoms in total. The Bertz CT molecular complexity index is 339. The van der Waals surface area contributed by atoms with Crippen molar-refractivity contribution in [2.24, 2.45) is 0 Å². The molecule has 1 unspecified atom stereocenters. The number of amides is 2. The second-order valence-corrected chi connectivity index (χ2v) is 5.12. The third-order valence-corrected chi connectivity index (χ3v) is 3.68. The number of hydrazine groups is 2. The quantitative estimate of drug-likeness (QED) is 0.222. The first-order valence-electron chi connectivity index (χ1n) is 6.08. The van der Waals surface area contributed by atoms with E-state index in [4.69, 9.17) is 12.2 Å². The zero-order chi connectivity index (χ0) is 15.0. The van der Waals surface area contributed by atoms with Gasteiger partial charge in [0.25, 0.3) is 0 Å². The Hall–Kier alpha value is -0.860. The fourth-order valence-corrected chi connectivity index (χ4v) is 1.36. The molecule has 8 heteroatoms. The highest BCUT2D eigenvalue weighted by Crippen LogP contribution is 2.02. The summed E-state index contributed by atoms with van der Waals surface area (Å²) in [6.07, 6.45) is 1.17. The second kappa shape index (κ2) is 9.11. The van der Waals surface area contributed by atoms with Gasteiger partial charge < -0.3 is 0 Å². The predicted molar refractivity (Wildman–Crippen MR) is 82.4 cm³/mol. The summed E-state index contributed by atoms with van der Waals surface area (Å²) in [4.78, 5) is 23.8. The summed E-state index contributed by atoms with van der Waals surface area (Å²) in [5, 5.41) is 2.93. The fourth-order valence-electron chi connectivity index (χ4n) is 1.26. The molecule has 0 rings (SSSR count). The Morgan fingerprint density at radius 1 is 1.21 bits per heavy atom. The smallest absolute Gasteiger partial charge is 0.247 e. The number of nitrogens with one attached hydrogen (secondary N) is 2. The number of thiocarbonyl (C=S) groups is 1. The van der Waals surface area contributed by atoms with Crippen LogP contribution in [0.1, 0.15) is 33.1 Å². The SMILES string of the molecule is CCC(=S)N(C)NC(=O)CC(=O)NN(C)C(S)CC. The average molecular weight is 306 g/mol.